The van der Waals surface area contributed by atoms with Gasteiger partial charge in [-0.15, -0.1) is 0 Å². The lowest BCUT2D eigenvalue weighted by Crippen LogP contribution is -2.37. The third-order valence-electron chi connectivity index (χ3n) is 3.41. The zero-order chi connectivity index (χ0) is 11.4. The second kappa shape index (κ2) is 3.18. The van der Waals surface area contributed by atoms with Gasteiger partial charge in [-0.25, -0.2) is 8.42 Å². The lowest BCUT2D eigenvalue weighted by atomic mass is 10.3. The third-order valence-corrected chi connectivity index (χ3v) is 6.02. The van der Waals surface area contributed by atoms with Crippen LogP contribution in [0.2, 0.25) is 0 Å². The van der Waals surface area contributed by atoms with Gasteiger partial charge in [-0.2, -0.15) is 4.31 Å². The first-order valence-electron chi connectivity index (χ1n) is 5.36. The largest absolute Gasteiger partial charge is 0.380 e. The fourth-order valence-corrected chi connectivity index (χ4v) is 4.17. The van der Waals surface area contributed by atoms with Crippen LogP contribution in [0.3, 0.4) is 0 Å². The van der Waals surface area contributed by atoms with E-state index >= 15 is 0 Å². The molecule has 1 aliphatic carbocycles. The van der Waals surface area contributed by atoms with Gasteiger partial charge in [-0.1, -0.05) is 0 Å². The summed E-state index contributed by atoms with van der Waals surface area (Å²) in [4.78, 5) is 0. The Labute approximate surface area is 91.6 Å². The van der Waals surface area contributed by atoms with Gasteiger partial charge in [0.1, 0.15) is 0 Å². The van der Waals surface area contributed by atoms with Gasteiger partial charge >= 0.3 is 0 Å². The van der Waals surface area contributed by atoms with Crippen molar-refractivity contribution in [1.29, 1.82) is 0 Å². The smallest absolute Gasteiger partial charge is 0.219 e. The lowest BCUT2D eigenvalue weighted by Gasteiger charge is -2.23. The molecule has 0 bridgehead atoms. The highest BCUT2D eigenvalue weighted by Gasteiger charge is 2.64. The minimum Gasteiger partial charge on any atom is -0.380 e. The Bertz CT molecular complexity index is 357. The molecule has 5 heteroatoms. The number of piperidine rings is 1. The molecule has 4 atom stereocenters. The Morgan fingerprint density at radius 1 is 1.27 bits per heavy atom. The van der Waals surface area contributed by atoms with Crippen LogP contribution in [-0.4, -0.2) is 42.8 Å². The fourth-order valence-electron chi connectivity index (χ4n) is 2.40. The maximum atomic E-state index is 12.2. The molecule has 15 heavy (non-hydrogen) atoms. The van der Waals surface area contributed by atoms with Crippen LogP contribution in [0.1, 0.15) is 33.6 Å². The highest BCUT2D eigenvalue weighted by molar-refractivity contribution is 7.90. The molecule has 1 heterocycles. The first-order valence-corrected chi connectivity index (χ1v) is 6.80. The maximum Gasteiger partial charge on any atom is 0.219 e. The van der Waals surface area contributed by atoms with Crippen LogP contribution in [0, 0.1) is 0 Å². The Morgan fingerprint density at radius 3 is 2.33 bits per heavy atom. The summed E-state index contributed by atoms with van der Waals surface area (Å²) in [5, 5.41) is 0. The quantitative estimate of drug-likeness (QED) is 0.668. The summed E-state index contributed by atoms with van der Waals surface area (Å²) in [6.45, 7) is 5.24. The van der Waals surface area contributed by atoms with E-state index in [1.165, 1.54) is 0 Å². The van der Waals surface area contributed by atoms with E-state index < -0.39 is 14.8 Å². The van der Waals surface area contributed by atoms with Crippen molar-refractivity contribution in [1.82, 2.24) is 4.31 Å². The number of sulfonamides is 1. The van der Waals surface area contributed by atoms with Crippen molar-refractivity contribution in [2.75, 3.05) is 7.11 Å². The summed E-state index contributed by atoms with van der Waals surface area (Å²) in [7, 11) is -1.49. The molecule has 0 N–H and O–H groups in total. The Kier molecular flexibility index (Phi) is 2.41. The lowest BCUT2D eigenvalue weighted by molar-refractivity contribution is 0.0961. The van der Waals surface area contributed by atoms with Gasteiger partial charge in [0, 0.05) is 13.2 Å². The van der Waals surface area contributed by atoms with Crippen molar-refractivity contribution < 1.29 is 13.2 Å². The molecule has 1 saturated carbocycles. The van der Waals surface area contributed by atoms with Gasteiger partial charge in [0.25, 0.3) is 0 Å². The van der Waals surface area contributed by atoms with E-state index in [2.05, 4.69) is 0 Å². The molecule has 0 aromatic carbocycles. The van der Waals surface area contributed by atoms with Crippen molar-refractivity contribution in [3.63, 3.8) is 0 Å². The standard InChI is InChI=1S/C10H19NO3S/c1-10(2,3)15(12,13)11-7-5-6-8(14-4)9(7)11/h7-9H,5-6H2,1-4H3/t7-,8+,9?,11?/m0/s1. The van der Waals surface area contributed by atoms with Gasteiger partial charge in [-0.05, 0) is 33.6 Å². The van der Waals surface area contributed by atoms with Crippen LogP contribution in [0.25, 0.3) is 0 Å². The SMILES string of the molecule is CO[C@@H]1CC[C@H]2C1N2S(=O)(=O)C(C)(C)C. The van der Waals surface area contributed by atoms with Crippen LogP contribution >= 0.6 is 0 Å². The van der Waals surface area contributed by atoms with Gasteiger partial charge in [-0.3, -0.25) is 0 Å². The minimum absolute atomic E-state index is 0.104. The normalized spacial score (nSPS) is 40.3. The van der Waals surface area contributed by atoms with E-state index in [1.54, 1.807) is 32.2 Å². The van der Waals surface area contributed by atoms with Crippen molar-refractivity contribution in [3.8, 4) is 0 Å². The average molecular weight is 233 g/mol. The third kappa shape index (κ3) is 1.52. The van der Waals surface area contributed by atoms with E-state index in [1.807, 2.05) is 0 Å². The van der Waals surface area contributed by atoms with Crippen LogP contribution in [0.4, 0.5) is 0 Å². The Balaban J connectivity index is 2.18. The molecule has 0 aromatic heterocycles. The van der Waals surface area contributed by atoms with Gasteiger partial charge in [0.15, 0.2) is 0 Å². The van der Waals surface area contributed by atoms with Crippen molar-refractivity contribution in [2.45, 2.75) is 56.5 Å². The predicted octanol–water partition coefficient (Wildman–Crippen LogP) is 0.976. The van der Waals surface area contributed by atoms with E-state index in [4.69, 9.17) is 4.74 Å². The van der Waals surface area contributed by atoms with Gasteiger partial charge in [0.2, 0.25) is 10.0 Å². The first-order chi connectivity index (χ1) is 6.80. The average Bonchev–Trinajstić information content (AvgIpc) is 2.68. The molecule has 0 aromatic rings. The van der Waals surface area contributed by atoms with E-state index in [-0.39, 0.29) is 18.2 Å². The molecular weight excluding hydrogens is 214 g/mol. The van der Waals surface area contributed by atoms with Gasteiger partial charge < -0.3 is 4.74 Å². The number of fused-ring (bicyclic) bond motifs is 1. The van der Waals surface area contributed by atoms with Crippen LogP contribution < -0.4 is 0 Å². The molecule has 1 saturated heterocycles. The molecule has 0 amide bonds. The van der Waals surface area contributed by atoms with Crippen LogP contribution in [0.15, 0.2) is 0 Å². The first kappa shape index (κ1) is 11.4. The molecule has 0 radical (unpaired) electrons. The zero-order valence-electron chi connectivity index (χ0n) is 9.73. The zero-order valence-corrected chi connectivity index (χ0v) is 10.5. The predicted molar refractivity (Wildman–Crippen MR) is 58.1 cm³/mol. The summed E-state index contributed by atoms with van der Waals surface area (Å²) < 4.78 is 30.6. The van der Waals surface area contributed by atoms with Crippen LogP contribution in [-0.2, 0) is 14.8 Å². The van der Waals surface area contributed by atoms with Crippen molar-refractivity contribution in [3.05, 3.63) is 0 Å². The monoisotopic (exact) mass is 233 g/mol. The van der Waals surface area contributed by atoms with Crippen molar-refractivity contribution >= 4 is 10.0 Å². The van der Waals surface area contributed by atoms with Crippen molar-refractivity contribution in [2.24, 2.45) is 0 Å². The Morgan fingerprint density at radius 2 is 1.87 bits per heavy atom. The molecular formula is C10H19NO3S. The number of hydrogen-bond donors (Lipinski definition) is 0. The molecule has 0 spiro atoms. The number of rotatable bonds is 2. The molecule has 2 aliphatic rings. The molecule has 1 aliphatic heterocycles. The summed E-state index contributed by atoms with van der Waals surface area (Å²) >= 11 is 0. The minimum atomic E-state index is -3.15. The molecule has 2 unspecified atom stereocenters. The van der Waals surface area contributed by atoms with Crippen LogP contribution in [0.5, 0.6) is 0 Å². The number of methoxy groups -OCH3 is 1. The van der Waals surface area contributed by atoms with E-state index in [9.17, 15) is 8.42 Å². The summed E-state index contributed by atoms with van der Waals surface area (Å²) in [5.74, 6) is 0. The summed E-state index contributed by atoms with van der Waals surface area (Å²) in [6.07, 6.45) is 2.03. The molecule has 2 fully saturated rings. The second-order valence-electron chi connectivity index (χ2n) is 5.36. The fraction of sp³-hybridized carbons (Fsp3) is 1.00. The van der Waals surface area contributed by atoms with Gasteiger partial charge in [0.05, 0.1) is 16.9 Å². The topological polar surface area (TPSA) is 46.4 Å². The van der Waals surface area contributed by atoms with E-state index in [0.29, 0.717) is 0 Å². The highest BCUT2D eigenvalue weighted by atomic mass is 32.2. The maximum absolute atomic E-state index is 12.2. The Hall–Kier alpha value is -0.130. The second-order valence-corrected chi connectivity index (χ2v) is 7.95. The number of nitrogens with zero attached hydrogens (tertiary/aromatic N) is 1. The highest BCUT2D eigenvalue weighted by Crippen LogP contribution is 2.48. The summed E-state index contributed by atoms with van der Waals surface area (Å²) in [5.41, 5.74) is 0. The molecule has 4 nitrogen and oxygen atoms in total. The number of hydrogen-bond acceptors (Lipinski definition) is 3. The molecule has 2 rings (SSSR count). The number of ether oxygens (including phenoxy) is 1. The van der Waals surface area contributed by atoms with E-state index in [0.717, 1.165) is 12.8 Å². The summed E-state index contributed by atoms with van der Waals surface area (Å²) in [6, 6.07) is 0.318. The molecule has 88 valence electrons.